The number of aryl methyl sites for hydroxylation is 2. The number of amides is 1. The highest BCUT2D eigenvalue weighted by molar-refractivity contribution is 9.10. The van der Waals surface area contributed by atoms with Crippen LogP contribution in [0.25, 0.3) is 10.9 Å². The average molecular weight is 379 g/mol. The molecule has 1 aliphatic carbocycles. The van der Waals surface area contributed by atoms with Crippen molar-refractivity contribution in [2.24, 2.45) is 7.05 Å². The van der Waals surface area contributed by atoms with Crippen molar-refractivity contribution in [2.75, 3.05) is 28.2 Å². The molecule has 0 radical (unpaired) electrons. The summed E-state index contributed by atoms with van der Waals surface area (Å²) >= 11 is 3.65. The van der Waals surface area contributed by atoms with Gasteiger partial charge in [-0.15, -0.1) is 0 Å². The number of nitrogens with zero attached hydrogens (tertiary/aromatic N) is 3. The second-order valence-corrected chi connectivity index (χ2v) is 7.05. The number of benzene rings is 1. The van der Waals surface area contributed by atoms with Crippen LogP contribution in [0.15, 0.2) is 16.6 Å². The molecule has 0 bridgehead atoms. The fourth-order valence-electron chi connectivity index (χ4n) is 3.23. The van der Waals surface area contributed by atoms with E-state index >= 15 is 0 Å². The van der Waals surface area contributed by atoms with Crippen molar-refractivity contribution in [2.45, 2.75) is 12.8 Å². The Labute approximate surface area is 144 Å². The monoisotopic (exact) mass is 378 g/mol. The van der Waals surface area contributed by atoms with Crippen molar-refractivity contribution < 1.29 is 14.1 Å². The van der Waals surface area contributed by atoms with Crippen molar-refractivity contribution in [3.05, 3.63) is 27.9 Å². The highest BCUT2D eigenvalue weighted by Gasteiger charge is 2.31. The lowest BCUT2D eigenvalue weighted by Gasteiger charge is -2.12. The molecule has 1 amide bonds. The first kappa shape index (κ1) is 16.1. The molecule has 122 valence electrons. The Kier molecular flexibility index (Phi) is 3.96. The van der Waals surface area contributed by atoms with Gasteiger partial charge in [0.05, 0.1) is 9.99 Å². The SMILES string of the molecule is CN(C)C(=O)Oc1ccc2c(c1Br)c1c(n2C)C(=[N+](C)C)CC1. The fraction of sp³-hybridized carbons (Fsp3) is 0.412. The molecule has 0 atom stereocenters. The van der Waals surface area contributed by atoms with Crippen molar-refractivity contribution in [3.63, 3.8) is 0 Å². The minimum absolute atomic E-state index is 0.377. The summed E-state index contributed by atoms with van der Waals surface area (Å²) in [6.45, 7) is 0. The Balaban J connectivity index is 2.20. The van der Waals surface area contributed by atoms with E-state index in [1.165, 1.54) is 21.9 Å². The number of carbonyl (C=O) groups excluding carboxylic acids is 1. The van der Waals surface area contributed by atoms with Crippen LogP contribution in [-0.2, 0) is 13.5 Å². The second kappa shape index (κ2) is 5.67. The van der Waals surface area contributed by atoms with E-state index in [9.17, 15) is 4.79 Å². The maximum Gasteiger partial charge on any atom is 0.414 e. The van der Waals surface area contributed by atoms with E-state index in [2.05, 4.69) is 46.2 Å². The maximum atomic E-state index is 11.8. The van der Waals surface area contributed by atoms with Gasteiger partial charge in [0, 0.05) is 33.0 Å². The molecule has 1 aliphatic rings. The summed E-state index contributed by atoms with van der Waals surface area (Å²) < 4.78 is 10.7. The number of aromatic nitrogens is 1. The molecule has 0 N–H and O–H groups in total. The van der Waals surface area contributed by atoms with Gasteiger partial charge in [0.15, 0.2) is 5.71 Å². The standard InChI is InChI=1S/C17H21BrN3O2/c1-19(2)12-7-6-10-14-11(21(5)16(10)12)8-9-13(15(14)18)23-17(22)20(3)4/h8-9H,6-7H2,1-5H3/q+1. The van der Waals surface area contributed by atoms with Gasteiger partial charge in [0.1, 0.15) is 25.5 Å². The van der Waals surface area contributed by atoms with Crippen molar-refractivity contribution in [1.82, 2.24) is 9.47 Å². The number of rotatable bonds is 1. The van der Waals surface area contributed by atoms with E-state index in [0.717, 1.165) is 28.2 Å². The van der Waals surface area contributed by atoms with E-state index in [4.69, 9.17) is 4.74 Å². The van der Waals surface area contributed by atoms with Gasteiger partial charge in [-0.25, -0.2) is 9.37 Å². The van der Waals surface area contributed by atoms with E-state index in [0.29, 0.717) is 5.75 Å². The van der Waals surface area contributed by atoms with Gasteiger partial charge < -0.3 is 14.2 Å². The van der Waals surface area contributed by atoms with Crippen LogP contribution in [0.2, 0.25) is 0 Å². The number of carbonyl (C=O) groups is 1. The summed E-state index contributed by atoms with van der Waals surface area (Å²) in [5, 5.41) is 1.14. The Morgan fingerprint density at radius 1 is 1.30 bits per heavy atom. The number of fused-ring (bicyclic) bond motifs is 3. The number of halogens is 1. The third-order valence-electron chi connectivity index (χ3n) is 4.36. The predicted octanol–water partition coefficient (Wildman–Crippen LogP) is 3.01. The normalized spacial score (nSPS) is 13.4. The Morgan fingerprint density at radius 3 is 2.61 bits per heavy atom. The number of hydrogen-bond donors (Lipinski definition) is 0. The quantitative estimate of drug-likeness (QED) is 0.715. The molecule has 1 heterocycles. The molecule has 6 heteroatoms. The first-order chi connectivity index (χ1) is 10.8. The van der Waals surface area contributed by atoms with E-state index in [-0.39, 0.29) is 6.09 Å². The largest absolute Gasteiger partial charge is 0.414 e. The van der Waals surface area contributed by atoms with Gasteiger partial charge in [-0.2, -0.15) is 0 Å². The van der Waals surface area contributed by atoms with Crippen LogP contribution in [0.5, 0.6) is 5.75 Å². The molecule has 0 saturated heterocycles. The van der Waals surface area contributed by atoms with Gasteiger partial charge >= 0.3 is 6.09 Å². The average Bonchev–Trinajstić information content (AvgIpc) is 3.02. The molecule has 5 nitrogen and oxygen atoms in total. The first-order valence-electron chi connectivity index (χ1n) is 7.55. The summed E-state index contributed by atoms with van der Waals surface area (Å²) in [6.07, 6.45) is 1.66. The minimum atomic E-state index is -0.377. The molecule has 1 aromatic carbocycles. The van der Waals surface area contributed by atoms with Gasteiger partial charge in [-0.3, -0.25) is 0 Å². The molecule has 0 aliphatic heterocycles. The van der Waals surface area contributed by atoms with Crippen LogP contribution >= 0.6 is 15.9 Å². The van der Waals surface area contributed by atoms with Crippen LogP contribution in [0.4, 0.5) is 4.79 Å². The lowest BCUT2D eigenvalue weighted by atomic mass is 10.1. The molecule has 0 spiro atoms. The highest BCUT2D eigenvalue weighted by Crippen LogP contribution is 2.41. The Morgan fingerprint density at radius 2 is 2.00 bits per heavy atom. The van der Waals surface area contributed by atoms with Crippen molar-refractivity contribution in [3.8, 4) is 5.75 Å². The molecule has 1 aromatic heterocycles. The first-order valence-corrected chi connectivity index (χ1v) is 8.34. The van der Waals surface area contributed by atoms with Crippen LogP contribution in [0.3, 0.4) is 0 Å². The van der Waals surface area contributed by atoms with Gasteiger partial charge in [0.2, 0.25) is 0 Å². The molecule has 0 fully saturated rings. The summed E-state index contributed by atoms with van der Waals surface area (Å²) in [5.74, 6) is 0.558. The number of hydrogen-bond acceptors (Lipinski definition) is 2. The zero-order valence-corrected chi connectivity index (χ0v) is 15.7. The van der Waals surface area contributed by atoms with E-state index in [1.807, 2.05) is 12.1 Å². The van der Waals surface area contributed by atoms with Gasteiger partial charge in [-0.05, 0) is 40.0 Å². The summed E-state index contributed by atoms with van der Waals surface area (Å²) in [6, 6.07) is 3.86. The van der Waals surface area contributed by atoms with Crippen LogP contribution in [0.1, 0.15) is 17.7 Å². The molecule has 3 rings (SSSR count). The summed E-state index contributed by atoms with van der Waals surface area (Å²) in [4.78, 5) is 13.3. The van der Waals surface area contributed by atoms with Gasteiger partial charge in [0.25, 0.3) is 0 Å². The third-order valence-corrected chi connectivity index (χ3v) is 5.14. The second-order valence-electron chi connectivity index (χ2n) is 6.26. The topological polar surface area (TPSA) is 37.5 Å². The maximum absolute atomic E-state index is 11.8. The van der Waals surface area contributed by atoms with E-state index < -0.39 is 0 Å². The van der Waals surface area contributed by atoms with E-state index in [1.54, 1.807) is 14.1 Å². The Bertz CT molecular complexity index is 845. The zero-order valence-electron chi connectivity index (χ0n) is 14.1. The molecular weight excluding hydrogens is 358 g/mol. The van der Waals surface area contributed by atoms with Crippen molar-refractivity contribution in [1.29, 1.82) is 0 Å². The number of ether oxygens (including phenoxy) is 1. The summed E-state index contributed by atoms with van der Waals surface area (Å²) in [7, 11) is 9.61. The molecule has 23 heavy (non-hydrogen) atoms. The lowest BCUT2D eigenvalue weighted by molar-refractivity contribution is -0.465. The van der Waals surface area contributed by atoms with Crippen LogP contribution in [-0.4, -0.2) is 54.0 Å². The molecule has 0 unspecified atom stereocenters. The molecule has 2 aromatic rings. The minimum Gasteiger partial charge on any atom is -0.409 e. The molecule has 0 saturated carbocycles. The Hall–Kier alpha value is -1.82. The zero-order chi connectivity index (χ0) is 16.9. The van der Waals surface area contributed by atoms with Crippen LogP contribution in [0, 0.1) is 0 Å². The smallest absolute Gasteiger partial charge is 0.409 e. The summed E-state index contributed by atoms with van der Waals surface area (Å²) in [5.41, 5.74) is 5.09. The fourth-order valence-corrected chi connectivity index (χ4v) is 3.88. The van der Waals surface area contributed by atoms with Crippen LogP contribution < -0.4 is 4.74 Å². The lowest BCUT2D eigenvalue weighted by Crippen LogP contribution is -2.25. The van der Waals surface area contributed by atoms with Crippen molar-refractivity contribution >= 4 is 38.6 Å². The molecular formula is C17H21BrN3O2+. The third kappa shape index (κ3) is 2.45. The van der Waals surface area contributed by atoms with Gasteiger partial charge in [-0.1, -0.05) is 0 Å². The predicted molar refractivity (Wildman–Crippen MR) is 94.9 cm³/mol. The highest BCUT2D eigenvalue weighted by atomic mass is 79.9.